The molecule has 0 spiro atoms. The van der Waals surface area contributed by atoms with Crippen LogP contribution in [0.1, 0.15) is 31.2 Å². The van der Waals surface area contributed by atoms with Crippen molar-refractivity contribution in [2.24, 2.45) is 5.92 Å². The van der Waals surface area contributed by atoms with Gasteiger partial charge < -0.3 is 14.9 Å². The lowest BCUT2D eigenvalue weighted by atomic mass is 10.1. The molecule has 0 heterocycles. The standard InChI is InChI=1S/C18H27N3O/c1-20(14-16-5-3-6-18(16)22)13-15-7-9-17(10-8-15)21(2)12-4-11-19/h7-10,16,18,22H,3-6,12-14H2,1-2H3. The molecule has 1 aromatic carbocycles. The van der Waals surface area contributed by atoms with Gasteiger partial charge in [-0.3, -0.25) is 0 Å². The second-order valence-corrected chi connectivity index (χ2v) is 6.45. The van der Waals surface area contributed by atoms with E-state index in [0.717, 1.165) is 44.6 Å². The highest BCUT2D eigenvalue weighted by molar-refractivity contribution is 5.46. The van der Waals surface area contributed by atoms with E-state index in [1.165, 1.54) is 5.56 Å². The number of nitrogens with zero attached hydrogens (tertiary/aromatic N) is 3. The molecule has 0 saturated heterocycles. The minimum absolute atomic E-state index is 0.112. The molecule has 0 aromatic heterocycles. The van der Waals surface area contributed by atoms with Crippen LogP contribution in [0.4, 0.5) is 5.69 Å². The van der Waals surface area contributed by atoms with Gasteiger partial charge in [0.1, 0.15) is 0 Å². The summed E-state index contributed by atoms with van der Waals surface area (Å²) in [5.41, 5.74) is 2.43. The van der Waals surface area contributed by atoms with E-state index in [2.05, 4.69) is 47.2 Å². The number of rotatable bonds is 7. The summed E-state index contributed by atoms with van der Waals surface area (Å²) in [7, 11) is 4.14. The molecule has 0 aliphatic heterocycles. The van der Waals surface area contributed by atoms with E-state index < -0.39 is 0 Å². The monoisotopic (exact) mass is 301 g/mol. The van der Waals surface area contributed by atoms with Gasteiger partial charge in [0.25, 0.3) is 0 Å². The van der Waals surface area contributed by atoms with Gasteiger partial charge in [-0.2, -0.15) is 5.26 Å². The molecule has 1 aliphatic rings. The minimum Gasteiger partial charge on any atom is -0.393 e. The Balaban J connectivity index is 1.84. The summed E-state index contributed by atoms with van der Waals surface area (Å²) in [5.74, 6) is 0.432. The van der Waals surface area contributed by atoms with Gasteiger partial charge in [-0.25, -0.2) is 0 Å². The number of aliphatic hydroxyl groups is 1. The Morgan fingerprint density at radius 2 is 1.95 bits per heavy atom. The fourth-order valence-corrected chi connectivity index (χ4v) is 3.21. The van der Waals surface area contributed by atoms with Gasteiger partial charge in [0, 0.05) is 32.4 Å². The Morgan fingerprint density at radius 3 is 2.55 bits per heavy atom. The molecular weight excluding hydrogens is 274 g/mol. The fraction of sp³-hybridized carbons (Fsp3) is 0.611. The van der Waals surface area contributed by atoms with Gasteiger partial charge in [-0.1, -0.05) is 18.6 Å². The number of hydrogen-bond acceptors (Lipinski definition) is 4. The van der Waals surface area contributed by atoms with Crippen LogP contribution in [0.3, 0.4) is 0 Å². The van der Waals surface area contributed by atoms with E-state index in [1.807, 2.05) is 7.05 Å². The minimum atomic E-state index is -0.112. The smallest absolute Gasteiger partial charge is 0.0640 e. The third-order valence-electron chi connectivity index (χ3n) is 4.55. The quantitative estimate of drug-likeness (QED) is 0.841. The number of benzene rings is 1. The molecule has 1 aliphatic carbocycles. The van der Waals surface area contributed by atoms with Crippen molar-refractivity contribution >= 4 is 5.69 Å². The zero-order chi connectivity index (χ0) is 15.9. The summed E-state index contributed by atoms with van der Waals surface area (Å²) >= 11 is 0. The lowest BCUT2D eigenvalue weighted by Gasteiger charge is -2.23. The fourth-order valence-electron chi connectivity index (χ4n) is 3.21. The average molecular weight is 301 g/mol. The first kappa shape index (κ1) is 16.8. The second-order valence-electron chi connectivity index (χ2n) is 6.45. The van der Waals surface area contributed by atoms with Crippen molar-refractivity contribution in [1.29, 1.82) is 5.26 Å². The predicted molar refractivity (Wildman–Crippen MR) is 89.6 cm³/mol. The van der Waals surface area contributed by atoms with E-state index in [1.54, 1.807) is 0 Å². The SMILES string of the molecule is CN(Cc1ccc(N(C)CCC#N)cc1)CC1CCCC1O. The van der Waals surface area contributed by atoms with Crippen molar-refractivity contribution < 1.29 is 5.11 Å². The van der Waals surface area contributed by atoms with Crippen LogP contribution in [-0.2, 0) is 6.54 Å². The number of aliphatic hydroxyl groups excluding tert-OH is 1. The van der Waals surface area contributed by atoms with Crippen LogP contribution in [0.25, 0.3) is 0 Å². The zero-order valence-electron chi connectivity index (χ0n) is 13.7. The van der Waals surface area contributed by atoms with E-state index >= 15 is 0 Å². The summed E-state index contributed by atoms with van der Waals surface area (Å²) in [6.45, 7) is 2.63. The molecule has 2 rings (SSSR count). The predicted octanol–water partition coefficient (Wildman–Crippen LogP) is 2.63. The Bertz CT molecular complexity index is 494. The van der Waals surface area contributed by atoms with Crippen molar-refractivity contribution in [1.82, 2.24) is 4.90 Å². The molecule has 120 valence electrons. The van der Waals surface area contributed by atoms with Gasteiger partial charge >= 0.3 is 0 Å². The van der Waals surface area contributed by atoms with Gasteiger partial charge in [0.05, 0.1) is 18.6 Å². The Morgan fingerprint density at radius 1 is 1.23 bits per heavy atom. The summed E-state index contributed by atoms with van der Waals surface area (Å²) in [4.78, 5) is 4.40. The van der Waals surface area contributed by atoms with Crippen LogP contribution in [0.5, 0.6) is 0 Å². The summed E-state index contributed by atoms with van der Waals surface area (Å²) in [5, 5.41) is 18.6. The lowest BCUT2D eigenvalue weighted by molar-refractivity contribution is 0.108. The van der Waals surface area contributed by atoms with Crippen LogP contribution in [0.2, 0.25) is 0 Å². The topological polar surface area (TPSA) is 50.5 Å². The van der Waals surface area contributed by atoms with Crippen molar-refractivity contribution in [3.05, 3.63) is 29.8 Å². The molecule has 0 bridgehead atoms. The number of anilines is 1. The van der Waals surface area contributed by atoms with Crippen LogP contribution in [-0.4, -0.2) is 43.3 Å². The van der Waals surface area contributed by atoms with Crippen LogP contribution in [0, 0.1) is 17.2 Å². The van der Waals surface area contributed by atoms with E-state index in [0.29, 0.717) is 12.3 Å². The maximum absolute atomic E-state index is 9.92. The third-order valence-corrected chi connectivity index (χ3v) is 4.55. The van der Waals surface area contributed by atoms with Crippen LogP contribution in [0.15, 0.2) is 24.3 Å². The van der Waals surface area contributed by atoms with Crippen molar-refractivity contribution in [2.45, 2.75) is 38.3 Å². The van der Waals surface area contributed by atoms with E-state index in [9.17, 15) is 5.11 Å². The Hall–Kier alpha value is -1.57. The molecule has 1 fully saturated rings. The highest BCUT2D eigenvalue weighted by Crippen LogP contribution is 2.26. The normalized spacial score (nSPS) is 21.0. The molecule has 1 aromatic rings. The van der Waals surface area contributed by atoms with E-state index in [-0.39, 0.29) is 6.10 Å². The molecule has 22 heavy (non-hydrogen) atoms. The summed E-state index contributed by atoms with van der Waals surface area (Å²) in [6.07, 6.45) is 3.70. The van der Waals surface area contributed by atoms with Gasteiger partial charge in [-0.05, 0) is 43.5 Å². The zero-order valence-corrected chi connectivity index (χ0v) is 13.7. The van der Waals surface area contributed by atoms with Gasteiger partial charge in [0.15, 0.2) is 0 Å². The maximum atomic E-state index is 9.92. The van der Waals surface area contributed by atoms with Gasteiger partial charge in [0.2, 0.25) is 0 Å². The molecule has 2 atom stereocenters. The maximum Gasteiger partial charge on any atom is 0.0640 e. The first-order chi connectivity index (χ1) is 10.6. The molecular formula is C18H27N3O. The van der Waals surface area contributed by atoms with Crippen molar-refractivity contribution in [2.75, 3.05) is 32.1 Å². The van der Waals surface area contributed by atoms with Crippen molar-refractivity contribution in [3.63, 3.8) is 0 Å². The third kappa shape index (κ3) is 4.72. The van der Waals surface area contributed by atoms with Crippen LogP contribution >= 0.6 is 0 Å². The summed E-state index contributed by atoms with van der Waals surface area (Å²) in [6, 6.07) is 10.7. The van der Waals surface area contributed by atoms with Crippen molar-refractivity contribution in [3.8, 4) is 6.07 Å². The molecule has 4 heteroatoms. The van der Waals surface area contributed by atoms with E-state index in [4.69, 9.17) is 5.26 Å². The highest BCUT2D eigenvalue weighted by atomic mass is 16.3. The van der Waals surface area contributed by atoms with Gasteiger partial charge in [-0.15, -0.1) is 0 Å². The Kier molecular flexibility index (Phi) is 6.23. The molecule has 4 nitrogen and oxygen atoms in total. The molecule has 2 unspecified atom stereocenters. The van der Waals surface area contributed by atoms with Crippen LogP contribution < -0.4 is 4.90 Å². The lowest BCUT2D eigenvalue weighted by Crippen LogP contribution is -2.29. The average Bonchev–Trinajstić information content (AvgIpc) is 2.90. The largest absolute Gasteiger partial charge is 0.393 e. The first-order valence-corrected chi connectivity index (χ1v) is 8.14. The summed E-state index contributed by atoms with van der Waals surface area (Å²) < 4.78 is 0. The molecule has 1 saturated carbocycles. The first-order valence-electron chi connectivity index (χ1n) is 8.14. The number of nitriles is 1. The second kappa shape index (κ2) is 8.17. The molecule has 1 N–H and O–H groups in total. The highest BCUT2D eigenvalue weighted by Gasteiger charge is 2.25. The Labute approximate surface area is 134 Å². The molecule has 0 radical (unpaired) electrons. The number of hydrogen-bond donors (Lipinski definition) is 1. The molecule has 0 amide bonds.